The summed E-state index contributed by atoms with van der Waals surface area (Å²) in [6.45, 7) is 1.82. The minimum absolute atomic E-state index is 0.371. The number of aliphatic carboxylic acids is 1. The molecule has 0 bridgehead atoms. The van der Waals surface area contributed by atoms with Crippen molar-refractivity contribution in [1.82, 2.24) is 0 Å². The number of carboxylic acids is 1. The Kier molecular flexibility index (Phi) is 3.54. The van der Waals surface area contributed by atoms with Gasteiger partial charge in [-0.1, -0.05) is 18.2 Å². The van der Waals surface area contributed by atoms with E-state index < -0.39 is 5.97 Å². The van der Waals surface area contributed by atoms with E-state index >= 15 is 0 Å². The Bertz CT molecular complexity index is 832. The highest BCUT2D eigenvalue weighted by molar-refractivity contribution is 6.34. The highest BCUT2D eigenvalue weighted by Gasteiger charge is 2.36. The maximum Gasteiger partial charge on any atom is 0.328 e. The number of carbonyl (C=O) groups excluding carboxylic acids is 2. The number of aryl methyl sites for hydroxylation is 1. The van der Waals surface area contributed by atoms with Crippen molar-refractivity contribution in [2.45, 2.75) is 6.92 Å². The average Bonchev–Trinajstić information content (AvgIpc) is 2.77. The van der Waals surface area contributed by atoms with Gasteiger partial charge in [0.2, 0.25) is 0 Å². The van der Waals surface area contributed by atoms with Crippen LogP contribution in [0, 0.1) is 6.92 Å². The summed E-state index contributed by atoms with van der Waals surface area (Å²) in [7, 11) is 0. The number of carboxylic acid groups (broad SMARTS) is 1. The molecule has 2 aromatic rings. The molecule has 5 nitrogen and oxygen atoms in total. The second-order valence-electron chi connectivity index (χ2n) is 5.26. The van der Waals surface area contributed by atoms with E-state index in [1.165, 1.54) is 6.08 Å². The Balaban J connectivity index is 2.05. The largest absolute Gasteiger partial charge is 0.478 e. The predicted octanol–water partition coefficient (Wildman–Crippen LogP) is 2.89. The quantitative estimate of drug-likeness (QED) is 0.699. The molecular formula is C18H13NO4. The topological polar surface area (TPSA) is 74.7 Å². The Hall–Kier alpha value is -3.21. The summed E-state index contributed by atoms with van der Waals surface area (Å²) in [5.74, 6) is -1.80. The normalized spacial score (nSPS) is 13.7. The lowest BCUT2D eigenvalue weighted by Gasteiger charge is -2.15. The molecule has 1 N–H and O–H groups in total. The molecule has 0 atom stereocenters. The monoisotopic (exact) mass is 307 g/mol. The molecule has 0 fully saturated rings. The first-order chi connectivity index (χ1) is 11.0. The smallest absolute Gasteiger partial charge is 0.328 e. The fourth-order valence-corrected chi connectivity index (χ4v) is 2.61. The number of carbonyl (C=O) groups is 3. The highest BCUT2D eigenvalue weighted by Crippen LogP contribution is 2.29. The van der Waals surface area contributed by atoms with Crippen LogP contribution in [0.3, 0.4) is 0 Å². The van der Waals surface area contributed by atoms with Crippen LogP contribution in [-0.4, -0.2) is 22.9 Å². The lowest BCUT2D eigenvalue weighted by atomic mass is 10.1. The van der Waals surface area contributed by atoms with Gasteiger partial charge in [0, 0.05) is 6.08 Å². The zero-order chi connectivity index (χ0) is 16.6. The summed E-state index contributed by atoms with van der Waals surface area (Å²) in [5, 5.41) is 8.72. The summed E-state index contributed by atoms with van der Waals surface area (Å²) in [4.78, 5) is 36.7. The fourth-order valence-electron chi connectivity index (χ4n) is 2.61. The van der Waals surface area contributed by atoms with E-state index in [2.05, 4.69) is 0 Å². The number of anilines is 1. The number of amides is 2. The summed E-state index contributed by atoms with van der Waals surface area (Å²) >= 11 is 0. The van der Waals surface area contributed by atoms with E-state index in [0.717, 1.165) is 16.5 Å². The van der Waals surface area contributed by atoms with Crippen LogP contribution in [0.15, 0.2) is 48.5 Å². The van der Waals surface area contributed by atoms with Crippen LogP contribution < -0.4 is 4.90 Å². The number of rotatable bonds is 3. The maximum atomic E-state index is 12.5. The van der Waals surface area contributed by atoms with E-state index in [1.54, 1.807) is 42.5 Å². The second-order valence-corrected chi connectivity index (χ2v) is 5.26. The molecule has 0 aliphatic carbocycles. The summed E-state index contributed by atoms with van der Waals surface area (Å²) in [5.41, 5.74) is 2.62. The first-order valence-electron chi connectivity index (χ1n) is 6.98. The van der Waals surface area contributed by atoms with Gasteiger partial charge in [-0.3, -0.25) is 9.59 Å². The van der Waals surface area contributed by atoms with Crippen LogP contribution in [0.4, 0.5) is 5.69 Å². The lowest BCUT2D eigenvalue weighted by molar-refractivity contribution is -0.131. The molecule has 1 heterocycles. The van der Waals surface area contributed by atoms with Crippen LogP contribution in [0.2, 0.25) is 0 Å². The van der Waals surface area contributed by atoms with Gasteiger partial charge < -0.3 is 5.11 Å². The summed E-state index contributed by atoms with van der Waals surface area (Å²) in [6.07, 6.45) is 2.44. The molecule has 0 saturated heterocycles. The molecule has 23 heavy (non-hydrogen) atoms. The van der Waals surface area contributed by atoms with E-state index in [-0.39, 0.29) is 11.8 Å². The van der Waals surface area contributed by atoms with Gasteiger partial charge in [-0.05, 0) is 48.4 Å². The third-order valence-electron chi connectivity index (χ3n) is 3.56. The molecule has 1 aliphatic rings. The minimum Gasteiger partial charge on any atom is -0.478 e. The Morgan fingerprint density at radius 1 is 1.04 bits per heavy atom. The zero-order valence-electron chi connectivity index (χ0n) is 12.3. The van der Waals surface area contributed by atoms with Crippen LogP contribution in [-0.2, 0) is 4.79 Å². The SMILES string of the molecule is Cc1cc(/C=C/C(=O)O)cc(N2C(=O)c3ccccc3C2=O)c1. The third kappa shape index (κ3) is 2.64. The number of hydrogen-bond donors (Lipinski definition) is 1. The van der Waals surface area contributed by atoms with E-state index in [0.29, 0.717) is 22.4 Å². The maximum absolute atomic E-state index is 12.5. The lowest BCUT2D eigenvalue weighted by Crippen LogP contribution is -2.29. The van der Waals surface area contributed by atoms with Crippen LogP contribution in [0.25, 0.3) is 6.08 Å². The van der Waals surface area contributed by atoms with Gasteiger partial charge in [-0.2, -0.15) is 0 Å². The summed E-state index contributed by atoms with van der Waals surface area (Å²) < 4.78 is 0. The van der Waals surface area contributed by atoms with Crippen molar-refractivity contribution in [2.75, 3.05) is 4.90 Å². The number of imide groups is 1. The van der Waals surface area contributed by atoms with E-state index in [4.69, 9.17) is 5.11 Å². The van der Waals surface area contributed by atoms with Crippen molar-refractivity contribution >= 4 is 29.5 Å². The van der Waals surface area contributed by atoms with Crippen molar-refractivity contribution < 1.29 is 19.5 Å². The molecule has 0 spiro atoms. The van der Waals surface area contributed by atoms with Gasteiger partial charge in [-0.25, -0.2) is 9.69 Å². The predicted molar refractivity (Wildman–Crippen MR) is 85.4 cm³/mol. The number of benzene rings is 2. The van der Waals surface area contributed by atoms with E-state index in [1.807, 2.05) is 6.92 Å². The van der Waals surface area contributed by atoms with Crippen LogP contribution >= 0.6 is 0 Å². The molecule has 0 unspecified atom stereocenters. The Morgan fingerprint density at radius 2 is 1.65 bits per heavy atom. The van der Waals surface area contributed by atoms with Gasteiger partial charge in [0.1, 0.15) is 0 Å². The fraction of sp³-hybridized carbons (Fsp3) is 0.0556. The van der Waals surface area contributed by atoms with Gasteiger partial charge >= 0.3 is 5.97 Å². The molecule has 3 rings (SSSR count). The van der Waals surface area contributed by atoms with Crippen molar-refractivity contribution in [2.24, 2.45) is 0 Å². The van der Waals surface area contributed by atoms with Crippen molar-refractivity contribution in [3.05, 3.63) is 70.8 Å². The second kappa shape index (κ2) is 5.53. The molecule has 1 aliphatic heterocycles. The molecule has 2 aromatic carbocycles. The minimum atomic E-state index is -1.06. The molecule has 0 radical (unpaired) electrons. The highest BCUT2D eigenvalue weighted by atomic mass is 16.4. The molecule has 5 heteroatoms. The molecule has 0 saturated carbocycles. The van der Waals surface area contributed by atoms with Gasteiger partial charge in [-0.15, -0.1) is 0 Å². The standard InChI is InChI=1S/C18H13NO4/c1-11-8-12(6-7-16(20)21)10-13(9-11)19-17(22)14-4-2-3-5-15(14)18(19)23/h2-10H,1H3,(H,20,21)/b7-6+. The van der Waals surface area contributed by atoms with Crippen LogP contribution in [0.1, 0.15) is 31.8 Å². The first kappa shape index (κ1) is 14.7. The van der Waals surface area contributed by atoms with Crippen LogP contribution in [0.5, 0.6) is 0 Å². The van der Waals surface area contributed by atoms with Gasteiger partial charge in [0.05, 0.1) is 16.8 Å². The number of fused-ring (bicyclic) bond motifs is 1. The number of nitrogens with zero attached hydrogens (tertiary/aromatic N) is 1. The molecule has 0 aromatic heterocycles. The Labute approximate surface area is 132 Å². The molecule has 114 valence electrons. The van der Waals surface area contributed by atoms with E-state index in [9.17, 15) is 14.4 Å². The van der Waals surface area contributed by atoms with Crippen molar-refractivity contribution in [1.29, 1.82) is 0 Å². The van der Waals surface area contributed by atoms with Crippen molar-refractivity contribution in [3.8, 4) is 0 Å². The Morgan fingerprint density at radius 3 is 2.22 bits per heavy atom. The summed E-state index contributed by atoms with van der Waals surface area (Å²) in [6, 6.07) is 11.8. The molecule has 2 amide bonds. The van der Waals surface area contributed by atoms with Gasteiger partial charge in [0.25, 0.3) is 11.8 Å². The number of hydrogen-bond acceptors (Lipinski definition) is 3. The average molecular weight is 307 g/mol. The van der Waals surface area contributed by atoms with Crippen molar-refractivity contribution in [3.63, 3.8) is 0 Å². The third-order valence-corrected chi connectivity index (χ3v) is 3.56. The van der Waals surface area contributed by atoms with Gasteiger partial charge in [0.15, 0.2) is 0 Å². The molecular weight excluding hydrogens is 294 g/mol. The zero-order valence-corrected chi connectivity index (χ0v) is 12.3. The first-order valence-corrected chi connectivity index (χ1v) is 6.98.